The van der Waals surface area contributed by atoms with Gasteiger partial charge in [-0.05, 0) is 43.1 Å². The molecule has 0 aliphatic carbocycles. The van der Waals surface area contributed by atoms with Gasteiger partial charge in [0.05, 0.1) is 5.56 Å². The molecular weight excluding hydrogens is 300 g/mol. The van der Waals surface area contributed by atoms with E-state index >= 15 is 0 Å². The lowest BCUT2D eigenvalue weighted by Gasteiger charge is -2.17. The van der Waals surface area contributed by atoms with E-state index in [-0.39, 0.29) is 0 Å². The Hall–Kier alpha value is -2.58. The van der Waals surface area contributed by atoms with E-state index in [9.17, 15) is 0 Å². The standard InChI is InChI=1S/C19H22N4O/c20-13-17-5-4-9-21-19(17)22-14-16-8-10-23(15-16)11-12-24-18-6-2-1-3-7-18/h1-7,9,16H,8,10-12,14-15H2,(H,21,22). The number of aromatic nitrogens is 1. The molecule has 1 aromatic carbocycles. The van der Waals surface area contributed by atoms with Gasteiger partial charge in [-0.15, -0.1) is 0 Å². The van der Waals surface area contributed by atoms with E-state index in [1.54, 1.807) is 18.3 Å². The van der Waals surface area contributed by atoms with Gasteiger partial charge >= 0.3 is 0 Å². The smallest absolute Gasteiger partial charge is 0.143 e. The fraction of sp³-hybridized carbons (Fsp3) is 0.368. The van der Waals surface area contributed by atoms with E-state index in [4.69, 9.17) is 10.00 Å². The van der Waals surface area contributed by atoms with Crippen LogP contribution in [0.5, 0.6) is 5.75 Å². The minimum Gasteiger partial charge on any atom is -0.492 e. The molecule has 0 saturated carbocycles. The predicted molar refractivity (Wildman–Crippen MR) is 93.9 cm³/mol. The highest BCUT2D eigenvalue weighted by Crippen LogP contribution is 2.18. The summed E-state index contributed by atoms with van der Waals surface area (Å²) in [4.78, 5) is 6.67. The number of likely N-dealkylation sites (tertiary alicyclic amines) is 1. The van der Waals surface area contributed by atoms with Gasteiger partial charge in [-0.2, -0.15) is 5.26 Å². The summed E-state index contributed by atoms with van der Waals surface area (Å²) in [6.07, 6.45) is 2.87. The molecule has 1 N–H and O–H groups in total. The number of ether oxygens (including phenoxy) is 1. The fourth-order valence-corrected chi connectivity index (χ4v) is 2.97. The Morgan fingerprint density at radius 2 is 2.12 bits per heavy atom. The zero-order valence-electron chi connectivity index (χ0n) is 13.7. The van der Waals surface area contributed by atoms with Crippen molar-refractivity contribution < 1.29 is 4.74 Å². The fourth-order valence-electron chi connectivity index (χ4n) is 2.97. The Morgan fingerprint density at radius 3 is 2.96 bits per heavy atom. The molecule has 24 heavy (non-hydrogen) atoms. The second-order valence-electron chi connectivity index (χ2n) is 6.01. The van der Waals surface area contributed by atoms with Gasteiger partial charge in [0.15, 0.2) is 0 Å². The molecule has 0 spiro atoms. The molecule has 3 rings (SSSR count). The van der Waals surface area contributed by atoms with E-state index in [1.165, 1.54) is 0 Å². The SMILES string of the molecule is N#Cc1cccnc1NCC1CCN(CCOc2ccccc2)C1. The molecule has 124 valence electrons. The van der Waals surface area contributed by atoms with Crippen LogP contribution in [-0.2, 0) is 0 Å². The molecule has 2 heterocycles. The zero-order valence-corrected chi connectivity index (χ0v) is 13.7. The highest BCUT2D eigenvalue weighted by Gasteiger charge is 2.22. The largest absolute Gasteiger partial charge is 0.492 e. The van der Waals surface area contributed by atoms with Gasteiger partial charge in [0.2, 0.25) is 0 Å². The molecule has 1 atom stereocenters. The lowest BCUT2D eigenvalue weighted by molar-refractivity contribution is 0.233. The summed E-state index contributed by atoms with van der Waals surface area (Å²) in [6.45, 7) is 4.65. The molecule has 0 amide bonds. The predicted octanol–water partition coefficient (Wildman–Crippen LogP) is 2.77. The summed E-state index contributed by atoms with van der Waals surface area (Å²) in [5.74, 6) is 2.19. The molecule has 1 aliphatic rings. The normalized spacial score (nSPS) is 17.4. The number of nitriles is 1. The van der Waals surface area contributed by atoms with Crippen molar-refractivity contribution in [1.82, 2.24) is 9.88 Å². The van der Waals surface area contributed by atoms with Gasteiger partial charge in [0.25, 0.3) is 0 Å². The Balaban J connectivity index is 1.39. The average molecular weight is 322 g/mol. The van der Waals surface area contributed by atoms with Crippen LogP contribution in [0.4, 0.5) is 5.82 Å². The number of pyridine rings is 1. The van der Waals surface area contributed by atoms with Crippen LogP contribution >= 0.6 is 0 Å². The van der Waals surface area contributed by atoms with E-state index in [1.807, 2.05) is 30.3 Å². The quantitative estimate of drug-likeness (QED) is 0.849. The van der Waals surface area contributed by atoms with Crippen LogP contribution in [0.3, 0.4) is 0 Å². The Bertz CT molecular complexity index is 683. The van der Waals surface area contributed by atoms with E-state index < -0.39 is 0 Å². The number of nitrogens with zero attached hydrogens (tertiary/aromatic N) is 3. The molecule has 1 saturated heterocycles. The van der Waals surface area contributed by atoms with Crippen LogP contribution < -0.4 is 10.1 Å². The Morgan fingerprint density at radius 1 is 1.25 bits per heavy atom. The Kier molecular flexibility index (Phi) is 5.65. The summed E-state index contributed by atoms with van der Waals surface area (Å²) >= 11 is 0. The molecular formula is C19H22N4O. The topological polar surface area (TPSA) is 61.2 Å². The third kappa shape index (κ3) is 4.46. The van der Waals surface area contributed by atoms with Crippen molar-refractivity contribution in [2.24, 2.45) is 5.92 Å². The average Bonchev–Trinajstić information content (AvgIpc) is 3.09. The van der Waals surface area contributed by atoms with Gasteiger partial charge < -0.3 is 10.1 Å². The van der Waals surface area contributed by atoms with Crippen molar-refractivity contribution in [2.45, 2.75) is 6.42 Å². The van der Waals surface area contributed by atoms with E-state index in [0.717, 1.165) is 38.3 Å². The number of anilines is 1. The number of rotatable bonds is 7. The van der Waals surface area contributed by atoms with Crippen molar-refractivity contribution in [3.05, 3.63) is 54.2 Å². The first-order valence-corrected chi connectivity index (χ1v) is 8.34. The van der Waals surface area contributed by atoms with Crippen LogP contribution in [0, 0.1) is 17.2 Å². The summed E-state index contributed by atoms with van der Waals surface area (Å²) in [5.41, 5.74) is 0.601. The second-order valence-corrected chi connectivity index (χ2v) is 6.01. The number of hydrogen-bond donors (Lipinski definition) is 1. The maximum atomic E-state index is 9.09. The van der Waals surface area contributed by atoms with Crippen LogP contribution in [0.25, 0.3) is 0 Å². The maximum absolute atomic E-state index is 9.09. The van der Waals surface area contributed by atoms with Gasteiger partial charge in [0, 0.05) is 25.8 Å². The second kappa shape index (κ2) is 8.32. The highest BCUT2D eigenvalue weighted by atomic mass is 16.5. The van der Waals surface area contributed by atoms with Gasteiger partial charge in [0.1, 0.15) is 24.2 Å². The first-order chi connectivity index (χ1) is 11.8. The van der Waals surface area contributed by atoms with Gasteiger partial charge in [-0.25, -0.2) is 4.98 Å². The first-order valence-electron chi connectivity index (χ1n) is 8.34. The number of para-hydroxylation sites is 1. The molecule has 1 aliphatic heterocycles. The summed E-state index contributed by atoms with van der Waals surface area (Å²) in [6, 6.07) is 15.7. The number of nitrogens with one attached hydrogen (secondary N) is 1. The summed E-state index contributed by atoms with van der Waals surface area (Å²) in [7, 11) is 0. The highest BCUT2D eigenvalue weighted by molar-refractivity contribution is 5.51. The van der Waals surface area contributed by atoms with Crippen LogP contribution in [0.15, 0.2) is 48.7 Å². The molecule has 1 fully saturated rings. The van der Waals surface area contributed by atoms with Crippen molar-refractivity contribution >= 4 is 5.82 Å². The lowest BCUT2D eigenvalue weighted by Crippen LogP contribution is -2.27. The third-order valence-electron chi connectivity index (χ3n) is 4.28. The summed E-state index contributed by atoms with van der Waals surface area (Å²) < 4.78 is 5.76. The number of hydrogen-bond acceptors (Lipinski definition) is 5. The van der Waals surface area contributed by atoms with Gasteiger partial charge in [-0.3, -0.25) is 4.90 Å². The van der Waals surface area contributed by atoms with Crippen molar-refractivity contribution in [2.75, 3.05) is 38.1 Å². The Labute approximate surface area is 142 Å². The van der Waals surface area contributed by atoms with Crippen LogP contribution in [-0.4, -0.2) is 42.7 Å². The minimum absolute atomic E-state index is 0.579. The monoisotopic (exact) mass is 322 g/mol. The van der Waals surface area contributed by atoms with Gasteiger partial charge in [-0.1, -0.05) is 18.2 Å². The molecule has 1 unspecified atom stereocenters. The molecule has 5 heteroatoms. The van der Waals surface area contributed by atoms with Crippen LogP contribution in [0.2, 0.25) is 0 Å². The van der Waals surface area contributed by atoms with Crippen LogP contribution in [0.1, 0.15) is 12.0 Å². The minimum atomic E-state index is 0.579. The van der Waals surface area contributed by atoms with Crippen molar-refractivity contribution in [1.29, 1.82) is 5.26 Å². The third-order valence-corrected chi connectivity index (χ3v) is 4.28. The molecule has 0 bridgehead atoms. The maximum Gasteiger partial charge on any atom is 0.143 e. The molecule has 2 aromatic rings. The summed E-state index contributed by atoms with van der Waals surface area (Å²) in [5, 5.41) is 12.4. The van der Waals surface area contributed by atoms with E-state index in [0.29, 0.717) is 23.9 Å². The first kappa shape index (κ1) is 16.3. The zero-order chi connectivity index (χ0) is 16.6. The lowest BCUT2D eigenvalue weighted by atomic mass is 10.1. The molecule has 5 nitrogen and oxygen atoms in total. The molecule has 0 radical (unpaired) electrons. The van der Waals surface area contributed by atoms with Crippen molar-refractivity contribution in [3.8, 4) is 11.8 Å². The van der Waals surface area contributed by atoms with E-state index in [2.05, 4.69) is 21.3 Å². The van der Waals surface area contributed by atoms with Crippen molar-refractivity contribution in [3.63, 3.8) is 0 Å². The molecule has 1 aromatic heterocycles. The number of benzene rings is 1.